The number of fused-ring (bicyclic) bond motifs is 1. The molecule has 3 amide bonds. The molecule has 0 aliphatic carbocycles. The van der Waals surface area contributed by atoms with Crippen molar-refractivity contribution in [2.75, 3.05) is 12.8 Å². The molecule has 0 saturated heterocycles. The zero-order valence-corrected chi connectivity index (χ0v) is 29.5. The van der Waals surface area contributed by atoms with Crippen molar-refractivity contribution in [2.45, 2.75) is 58.5 Å². The maximum atomic E-state index is 14.3. The summed E-state index contributed by atoms with van der Waals surface area (Å²) in [5.41, 5.74) is 4.52. The molecule has 260 valence electrons. The first-order valence-electron chi connectivity index (χ1n) is 16.6. The molecule has 10 nitrogen and oxygen atoms in total. The fourth-order valence-electron chi connectivity index (χ4n) is 5.93. The minimum Gasteiger partial charge on any atom is -0.356 e. The summed E-state index contributed by atoms with van der Waals surface area (Å²) in [6.45, 7) is 5.65. The average molecular weight is 695 g/mol. The molecule has 0 bridgehead atoms. The number of rotatable bonds is 14. The third-order valence-electron chi connectivity index (χ3n) is 8.57. The number of hydrogen-bond acceptors (Lipinski definition) is 7. The molecule has 0 radical (unpaired) electrons. The van der Waals surface area contributed by atoms with Gasteiger partial charge in [-0.1, -0.05) is 102 Å². The van der Waals surface area contributed by atoms with E-state index in [1.807, 2.05) is 93.6 Å². The number of benzene rings is 4. The predicted octanol–water partition coefficient (Wildman–Crippen LogP) is 5.77. The predicted molar refractivity (Wildman–Crippen MR) is 194 cm³/mol. The lowest BCUT2D eigenvalue weighted by atomic mass is 9.98. The molecule has 0 spiro atoms. The number of carbonyl (C=O) groups is 3. The van der Waals surface area contributed by atoms with Crippen LogP contribution in [0.3, 0.4) is 0 Å². The van der Waals surface area contributed by atoms with Crippen molar-refractivity contribution in [1.82, 2.24) is 20.1 Å². The molecule has 0 fully saturated rings. The highest BCUT2D eigenvalue weighted by molar-refractivity contribution is 7.90. The van der Waals surface area contributed by atoms with Crippen LogP contribution >= 0.6 is 0 Å². The van der Waals surface area contributed by atoms with E-state index in [9.17, 15) is 22.8 Å². The lowest BCUT2D eigenvalue weighted by Crippen LogP contribution is -2.56. The quantitative estimate of drug-likeness (QED) is 0.151. The number of amides is 3. The smallest absolute Gasteiger partial charge is 0.256 e. The van der Waals surface area contributed by atoms with Crippen LogP contribution in [0.5, 0.6) is 0 Å². The first-order valence-corrected chi connectivity index (χ1v) is 18.3. The number of likely N-dealkylation sites (N-methyl/N-ethyl adjacent to an activating group) is 1. The fourth-order valence-corrected chi connectivity index (χ4v) is 7.15. The van der Waals surface area contributed by atoms with E-state index in [1.165, 1.54) is 4.90 Å². The summed E-state index contributed by atoms with van der Waals surface area (Å²) in [5.74, 6) is -1.44. The Morgan fingerprint density at radius 1 is 0.820 bits per heavy atom. The van der Waals surface area contributed by atoms with E-state index in [0.717, 1.165) is 38.6 Å². The van der Waals surface area contributed by atoms with E-state index < -0.39 is 33.9 Å². The number of aryl methyl sites for hydroxylation is 2. The molecule has 50 heavy (non-hydrogen) atoms. The SMILES string of the molecule is CCCCS(=O)(=O)NC(=O)C(Cc1ccc2ccccc2c1)NC(=O)[C@@H](Cc1ccc(-c2ccno2)cc1)N(C)C(=O)c1cc(C)cc(C)c1. The number of nitrogens with one attached hydrogen (secondary N) is 2. The number of hydrogen-bond donors (Lipinski definition) is 2. The molecule has 0 aliphatic heterocycles. The van der Waals surface area contributed by atoms with Gasteiger partial charge in [-0.05, 0) is 54.3 Å². The third kappa shape index (κ3) is 9.23. The first-order chi connectivity index (χ1) is 23.9. The first kappa shape index (κ1) is 36.0. The Bertz CT molecular complexity index is 2060. The Morgan fingerprint density at radius 2 is 1.50 bits per heavy atom. The summed E-state index contributed by atoms with van der Waals surface area (Å²) >= 11 is 0. The van der Waals surface area contributed by atoms with Crippen LogP contribution in [0.25, 0.3) is 22.1 Å². The van der Waals surface area contributed by atoms with Crippen molar-refractivity contribution in [2.24, 2.45) is 0 Å². The maximum Gasteiger partial charge on any atom is 0.256 e. The van der Waals surface area contributed by atoms with E-state index in [4.69, 9.17) is 4.52 Å². The van der Waals surface area contributed by atoms with Gasteiger partial charge in [-0.3, -0.25) is 19.1 Å². The van der Waals surface area contributed by atoms with E-state index in [1.54, 1.807) is 31.4 Å². The lowest BCUT2D eigenvalue weighted by molar-refractivity contribution is -0.130. The van der Waals surface area contributed by atoms with Gasteiger partial charge in [0.1, 0.15) is 12.1 Å². The highest BCUT2D eigenvalue weighted by Gasteiger charge is 2.32. The summed E-state index contributed by atoms with van der Waals surface area (Å²) < 4.78 is 33.1. The highest BCUT2D eigenvalue weighted by Crippen LogP contribution is 2.22. The Morgan fingerprint density at radius 3 is 2.16 bits per heavy atom. The molecule has 5 aromatic rings. The van der Waals surface area contributed by atoms with Gasteiger partial charge in [0.2, 0.25) is 15.9 Å². The average Bonchev–Trinajstić information content (AvgIpc) is 3.64. The van der Waals surface area contributed by atoms with E-state index in [2.05, 4.69) is 15.2 Å². The Labute approximate surface area is 292 Å². The summed E-state index contributed by atoms with van der Waals surface area (Å²) in [5, 5.41) is 8.53. The largest absolute Gasteiger partial charge is 0.356 e. The Kier molecular flexibility index (Phi) is 11.5. The summed E-state index contributed by atoms with van der Waals surface area (Å²) in [6, 6.07) is 25.7. The van der Waals surface area contributed by atoms with Gasteiger partial charge >= 0.3 is 0 Å². The van der Waals surface area contributed by atoms with Crippen LogP contribution in [0.4, 0.5) is 0 Å². The van der Waals surface area contributed by atoms with Gasteiger partial charge < -0.3 is 14.7 Å². The Hall–Kier alpha value is -5.29. The van der Waals surface area contributed by atoms with Crippen LogP contribution in [-0.2, 0) is 32.5 Å². The number of carbonyl (C=O) groups excluding carboxylic acids is 3. The minimum absolute atomic E-state index is 0.0268. The summed E-state index contributed by atoms with van der Waals surface area (Å²) in [6.07, 6.45) is 2.71. The molecule has 1 unspecified atom stereocenters. The second-order valence-electron chi connectivity index (χ2n) is 12.7. The van der Waals surface area contributed by atoms with Gasteiger partial charge in [-0.2, -0.15) is 0 Å². The molecule has 2 N–H and O–H groups in total. The van der Waals surface area contributed by atoms with Crippen LogP contribution in [0, 0.1) is 13.8 Å². The fraction of sp³-hybridized carbons (Fsp3) is 0.282. The summed E-state index contributed by atoms with van der Waals surface area (Å²) in [7, 11) is -2.39. The molecular weight excluding hydrogens is 653 g/mol. The number of sulfonamides is 1. The lowest BCUT2D eigenvalue weighted by Gasteiger charge is -2.30. The van der Waals surface area contributed by atoms with Crippen LogP contribution in [0.1, 0.15) is 52.4 Å². The second kappa shape index (κ2) is 15.9. The van der Waals surface area contributed by atoms with Crippen molar-refractivity contribution < 1.29 is 27.3 Å². The van der Waals surface area contributed by atoms with Gasteiger partial charge in [0.15, 0.2) is 5.76 Å². The standard InChI is InChI=1S/C39H42N4O6S/c1-5-6-19-50(47,48)42-37(44)34(24-29-13-14-30-9-7-8-10-32(30)23-29)41-38(45)35(43(4)39(46)33-21-26(2)20-27(3)22-33)25-28-11-15-31(16-12-28)36-17-18-40-49-36/h7-18,20-23,34-35H,5-6,19,24-25H2,1-4H3,(H,41,45)(H,42,44)/t34?,35-/m1/s1. The Balaban J connectivity index is 1.47. The normalized spacial score (nSPS) is 12.6. The molecule has 1 aromatic heterocycles. The van der Waals surface area contributed by atoms with Crippen LogP contribution in [0.2, 0.25) is 0 Å². The van der Waals surface area contributed by atoms with Crippen molar-refractivity contribution >= 4 is 38.5 Å². The number of nitrogens with zero attached hydrogens (tertiary/aromatic N) is 2. The zero-order chi connectivity index (χ0) is 35.8. The van der Waals surface area contributed by atoms with Gasteiger partial charge in [0, 0.05) is 37.1 Å². The monoisotopic (exact) mass is 694 g/mol. The zero-order valence-electron chi connectivity index (χ0n) is 28.7. The van der Waals surface area contributed by atoms with Gasteiger partial charge in [0.25, 0.3) is 11.8 Å². The van der Waals surface area contributed by atoms with Gasteiger partial charge in [0.05, 0.1) is 11.9 Å². The highest BCUT2D eigenvalue weighted by atomic mass is 32.2. The molecule has 5 rings (SSSR count). The van der Waals surface area contributed by atoms with Crippen LogP contribution in [0.15, 0.2) is 102 Å². The molecular formula is C39H42N4O6S. The minimum atomic E-state index is -3.94. The third-order valence-corrected chi connectivity index (χ3v) is 9.91. The van der Waals surface area contributed by atoms with E-state index >= 15 is 0 Å². The molecule has 0 aliphatic rings. The van der Waals surface area contributed by atoms with Gasteiger partial charge in [-0.25, -0.2) is 8.42 Å². The molecule has 4 aromatic carbocycles. The molecule has 0 saturated carbocycles. The van der Waals surface area contributed by atoms with Crippen LogP contribution in [-0.4, -0.2) is 61.1 Å². The number of unbranched alkanes of at least 4 members (excludes halogenated alkanes) is 1. The molecule has 1 heterocycles. The topological polar surface area (TPSA) is 139 Å². The maximum absolute atomic E-state index is 14.3. The van der Waals surface area contributed by atoms with E-state index in [0.29, 0.717) is 24.2 Å². The van der Waals surface area contributed by atoms with Gasteiger partial charge in [-0.15, -0.1) is 0 Å². The van der Waals surface area contributed by atoms with Crippen molar-refractivity contribution in [3.8, 4) is 11.3 Å². The second-order valence-corrected chi connectivity index (χ2v) is 14.5. The number of aromatic nitrogens is 1. The van der Waals surface area contributed by atoms with Crippen molar-refractivity contribution in [3.63, 3.8) is 0 Å². The van der Waals surface area contributed by atoms with Crippen LogP contribution < -0.4 is 10.0 Å². The van der Waals surface area contributed by atoms with Crippen molar-refractivity contribution in [3.05, 3.63) is 125 Å². The summed E-state index contributed by atoms with van der Waals surface area (Å²) in [4.78, 5) is 43.2. The van der Waals surface area contributed by atoms with E-state index in [-0.39, 0.29) is 24.5 Å². The molecule has 2 atom stereocenters. The van der Waals surface area contributed by atoms with Crippen molar-refractivity contribution in [1.29, 1.82) is 0 Å². The molecule has 11 heteroatoms.